The number of carbonyl (C=O) groups excluding carboxylic acids is 2. The number of sulfonamides is 1. The number of benzene rings is 1. The number of carbonyl (C=O) groups is 2. The fourth-order valence-corrected chi connectivity index (χ4v) is 5.78. The van der Waals surface area contributed by atoms with Gasteiger partial charge in [0.15, 0.2) is 0 Å². The number of piperidine rings is 1. The third-order valence-electron chi connectivity index (χ3n) is 5.91. The quantitative estimate of drug-likeness (QED) is 0.381. The fraction of sp³-hybridized carbons (Fsp3) is 0.429. The van der Waals surface area contributed by atoms with Crippen molar-refractivity contribution in [2.75, 3.05) is 31.6 Å². The molecule has 1 aliphatic heterocycles. The highest BCUT2D eigenvalue weighted by atomic mass is 35.5. The average Bonchev–Trinajstić information content (AvgIpc) is 3.23. The van der Waals surface area contributed by atoms with Crippen molar-refractivity contribution < 1.29 is 18.0 Å². The van der Waals surface area contributed by atoms with E-state index in [9.17, 15) is 18.0 Å². The number of anilines is 2. The van der Waals surface area contributed by atoms with Gasteiger partial charge in [-0.05, 0) is 43.5 Å². The molecule has 1 saturated heterocycles. The topological polar surface area (TPSA) is 153 Å². The molecule has 1 atom stereocenters. The second kappa shape index (κ2) is 10.9. The van der Waals surface area contributed by atoms with Gasteiger partial charge in [0, 0.05) is 38.8 Å². The van der Waals surface area contributed by atoms with E-state index < -0.39 is 16.1 Å². The van der Waals surface area contributed by atoms with Crippen molar-refractivity contribution in [2.45, 2.75) is 36.7 Å². The van der Waals surface area contributed by atoms with Gasteiger partial charge in [0.05, 0.1) is 20.6 Å². The van der Waals surface area contributed by atoms with E-state index in [4.69, 9.17) is 34.7 Å². The first-order chi connectivity index (χ1) is 16.0. The van der Waals surface area contributed by atoms with E-state index in [0.717, 1.165) is 0 Å². The van der Waals surface area contributed by atoms with Crippen molar-refractivity contribution in [3.63, 3.8) is 0 Å². The summed E-state index contributed by atoms with van der Waals surface area (Å²) >= 11 is 12.0. The van der Waals surface area contributed by atoms with Gasteiger partial charge in [0.1, 0.15) is 11.9 Å². The molecule has 10 nitrogen and oxygen atoms in total. The third kappa shape index (κ3) is 5.96. The number of aromatic nitrogens is 1. The molecule has 2 amide bonds. The normalized spacial score (nSPS) is 15.8. The van der Waals surface area contributed by atoms with E-state index >= 15 is 0 Å². The summed E-state index contributed by atoms with van der Waals surface area (Å²) in [7, 11) is -2.58. The van der Waals surface area contributed by atoms with E-state index in [-0.39, 0.29) is 44.8 Å². The number of halogens is 2. The van der Waals surface area contributed by atoms with Gasteiger partial charge in [0.2, 0.25) is 21.8 Å². The predicted octanol–water partition coefficient (Wildman–Crippen LogP) is 1.68. The Kier molecular flexibility index (Phi) is 8.34. The zero-order chi connectivity index (χ0) is 25.0. The van der Waals surface area contributed by atoms with Crippen LogP contribution >= 0.6 is 23.2 Å². The van der Waals surface area contributed by atoms with Crippen molar-refractivity contribution in [3.05, 3.63) is 40.5 Å². The molecular formula is C21H28Cl2N6O4S. The van der Waals surface area contributed by atoms with Gasteiger partial charge in [-0.1, -0.05) is 23.2 Å². The monoisotopic (exact) mass is 530 g/mol. The Labute approximate surface area is 208 Å². The van der Waals surface area contributed by atoms with Gasteiger partial charge in [-0.15, -0.1) is 0 Å². The van der Waals surface area contributed by atoms with E-state index in [1.54, 1.807) is 34.8 Å². The molecule has 0 aliphatic carbocycles. The fourth-order valence-electron chi connectivity index (χ4n) is 3.89. The minimum Gasteiger partial charge on any atom is -0.396 e. The summed E-state index contributed by atoms with van der Waals surface area (Å²) in [6.07, 6.45) is 2.90. The standard InChI is InChI=1S/C21H28Cl2N6O4S/c1-26-20(30)13-4-8-29(9-5-13)21(31)17(6-10-28-7-2-3-18(28)24)27-34(32,33)14-11-15(22)19(25)16(23)12-14/h2-3,7,11-13,17,27H,4-6,8-10,24-25H2,1H3,(H,26,30). The average molecular weight is 531 g/mol. The Morgan fingerprint density at radius 1 is 1.18 bits per heavy atom. The molecule has 0 radical (unpaired) electrons. The highest BCUT2D eigenvalue weighted by Gasteiger charge is 2.33. The van der Waals surface area contributed by atoms with E-state index in [0.29, 0.717) is 38.3 Å². The van der Waals surface area contributed by atoms with E-state index in [1.807, 2.05) is 0 Å². The van der Waals surface area contributed by atoms with Gasteiger partial charge in [0.25, 0.3) is 0 Å². The van der Waals surface area contributed by atoms with Crippen LogP contribution in [-0.2, 0) is 26.2 Å². The molecule has 3 rings (SSSR count). The van der Waals surface area contributed by atoms with Gasteiger partial charge >= 0.3 is 0 Å². The van der Waals surface area contributed by atoms with Crippen LogP contribution in [0.2, 0.25) is 10.0 Å². The Morgan fingerprint density at radius 3 is 2.32 bits per heavy atom. The lowest BCUT2D eigenvalue weighted by atomic mass is 9.95. The van der Waals surface area contributed by atoms with Gasteiger partial charge in [-0.3, -0.25) is 9.59 Å². The van der Waals surface area contributed by atoms with Crippen LogP contribution in [0.4, 0.5) is 11.5 Å². The van der Waals surface area contributed by atoms with Crippen LogP contribution in [-0.4, -0.2) is 55.9 Å². The van der Waals surface area contributed by atoms with E-state index in [2.05, 4.69) is 10.0 Å². The Bertz CT molecular complexity index is 1140. The van der Waals surface area contributed by atoms with Gasteiger partial charge < -0.3 is 26.3 Å². The van der Waals surface area contributed by atoms with Gasteiger partial charge in [-0.2, -0.15) is 4.72 Å². The van der Waals surface area contributed by atoms with Crippen LogP contribution in [0.1, 0.15) is 19.3 Å². The van der Waals surface area contributed by atoms with Crippen LogP contribution in [0.15, 0.2) is 35.4 Å². The molecule has 1 aromatic heterocycles. The smallest absolute Gasteiger partial charge is 0.241 e. The van der Waals surface area contributed by atoms with Crippen molar-refractivity contribution in [1.82, 2.24) is 19.5 Å². The van der Waals surface area contributed by atoms with E-state index in [1.165, 1.54) is 12.1 Å². The molecule has 2 heterocycles. The summed E-state index contributed by atoms with van der Waals surface area (Å²) in [5.74, 6) is -0.123. The number of nitrogens with one attached hydrogen (secondary N) is 2. The molecule has 1 aliphatic rings. The molecule has 0 bridgehead atoms. The maximum Gasteiger partial charge on any atom is 0.241 e. The Hall–Kier alpha value is -2.47. The first-order valence-corrected chi connectivity index (χ1v) is 12.9. The van der Waals surface area contributed by atoms with Gasteiger partial charge in [-0.25, -0.2) is 8.42 Å². The number of hydrogen-bond donors (Lipinski definition) is 4. The summed E-state index contributed by atoms with van der Waals surface area (Å²) < 4.78 is 30.5. The highest BCUT2D eigenvalue weighted by Crippen LogP contribution is 2.31. The van der Waals surface area contributed by atoms with Crippen molar-refractivity contribution in [3.8, 4) is 0 Å². The molecule has 0 spiro atoms. The lowest BCUT2D eigenvalue weighted by Crippen LogP contribution is -2.51. The number of hydrogen-bond acceptors (Lipinski definition) is 6. The van der Waals surface area contributed by atoms with Crippen molar-refractivity contribution in [1.29, 1.82) is 0 Å². The largest absolute Gasteiger partial charge is 0.396 e. The molecule has 1 fully saturated rings. The number of nitrogens with zero attached hydrogens (tertiary/aromatic N) is 2. The maximum atomic E-state index is 13.4. The zero-order valence-corrected chi connectivity index (χ0v) is 21.0. The SMILES string of the molecule is CNC(=O)C1CCN(C(=O)C(CCn2cccc2N)NS(=O)(=O)c2cc(Cl)c(N)c(Cl)c2)CC1. The molecular weight excluding hydrogens is 503 g/mol. The number of nitrogens with two attached hydrogens (primary N) is 2. The predicted molar refractivity (Wildman–Crippen MR) is 132 cm³/mol. The van der Waals surface area contributed by atoms with Crippen LogP contribution in [0.25, 0.3) is 0 Å². The number of amides is 2. The molecule has 1 aromatic carbocycles. The number of rotatable bonds is 8. The van der Waals surface area contributed by atoms with Crippen LogP contribution in [0.3, 0.4) is 0 Å². The summed E-state index contributed by atoms with van der Waals surface area (Å²) in [5.41, 5.74) is 11.7. The molecule has 6 N–H and O–H groups in total. The minimum absolute atomic E-state index is 0.00728. The molecule has 34 heavy (non-hydrogen) atoms. The Morgan fingerprint density at radius 2 is 1.79 bits per heavy atom. The summed E-state index contributed by atoms with van der Waals surface area (Å²) in [6, 6.07) is 4.77. The Balaban J connectivity index is 1.81. The molecule has 186 valence electrons. The minimum atomic E-state index is -4.16. The van der Waals surface area contributed by atoms with Crippen LogP contribution in [0, 0.1) is 5.92 Å². The first-order valence-electron chi connectivity index (χ1n) is 10.7. The zero-order valence-electron chi connectivity index (χ0n) is 18.6. The summed E-state index contributed by atoms with van der Waals surface area (Å²) in [6.45, 7) is 1.01. The van der Waals surface area contributed by atoms with Crippen molar-refractivity contribution >= 4 is 56.5 Å². The lowest BCUT2D eigenvalue weighted by molar-refractivity contribution is -0.137. The number of aryl methyl sites for hydroxylation is 1. The van der Waals surface area contributed by atoms with Crippen LogP contribution < -0.4 is 21.5 Å². The number of nitrogen functional groups attached to an aromatic ring is 2. The highest BCUT2D eigenvalue weighted by molar-refractivity contribution is 7.89. The second-order valence-electron chi connectivity index (χ2n) is 8.10. The molecule has 0 saturated carbocycles. The summed E-state index contributed by atoms with van der Waals surface area (Å²) in [5, 5.41) is 2.61. The number of likely N-dealkylation sites (tertiary alicyclic amines) is 1. The summed E-state index contributed by atoms with van der Waals surface area (Å²) in [4.78, 5) is 26.7. The van der Waals surface area contributed by atoms with Crippen molar-refractivity contribution in [2.24, 2.45) is 5.92 Å². The first kappa shape index (κ1) is 26.1. The maximum absolute atomic E-state index is 13.4. The second-order valence-corrected chi connectivity index (χ2v) is 10.6. The molecule has 1 unspecified atom stereocenters. The molecule has 2 aromatic rings. The lowest BCUT2D eigenvalue weighted by Gasteiger charge is -2.33. The third-order valence-corrected chi connectivity index (χ3v) is 7.98. The van der Waals surface area contributed by atoms with Crippen LogP contribution in [0.5, 0.6) is 0 Å². The molecule has 13 heteroatoms.